The van der Waals surface area contributed by atoms with Gasteiger partial charge in [-0.1, -0.05) is 36.4 Å². The number of rotatable bonds is 7. The van der Waals surface area contributed by atoms with Crippen molar-refractivity contribution < 1.29 is 18.0 Å². The van der Waals surface area contributed by atoms with Crippen LogP contribution < -0.4 is 10.2 Å². The highest BCUT2D eigenvalue weighted by molar-refractivity contribution is 5.95. The van der Waals surface area contributed by atoms with Gasteiger partial charge in [0.15, 0.2) is 5.69 Å². The first kappa shape index (κ1) is 23.8. The van der Waals surface area contributed by atoms with E-state index < -0.39 is 23.3 Å². The van der Waals surface area contributed by atoms with Gasteiger partial charge in [0.05, 0.1) is 17.4 Å². The van der Waals surface area contributed by atoms with Gasteiger partial charge in [0.1, 0.15) is 0 Å². The third-order valence-electron chi connectivity index (χ3n) is 6.06. The van der Waals surface area contributed by atoms with E-state index >= 15 is 0 Å². The van der Waals surface area contributed by atoms with Gasteiger partial charge in [-0.15, -0.1) is 0 Å². The van der Waals surface area contributed by atoms with Crippen molar-refractivity contribution in [2.24, 2.45) is 0 Å². The third kappa shape index (κ3) is 5.41. The summed E-state index contributed by atoms with van der Waals surface area (Å²) in [6.45, 7) is 6.43. The molecule has 0 spiro atoms. The number of anilines is 1. The van der Waals surface area contributed by atoms with E-state index in [0.29, 0.717) is 24.2 Å². The second-order valence-corrected chi connectivity index (χ2v) is 8.38. The molecule has 3 aromatic rings. The highest BCUT2D eigenvalue weighted by Crippen LogP contribution is 2.34. The zero-order valence-corrected chi connectivity index (χ0v) is 19.1. The topological polar surface area (TPSA) is 53.4 Å². The molecule has 0 radical (unpaired) electrons. The lowest BCUT2D eigenvalue weighted by atomic mass is 10.1. The number of para-hydroxylation sites is 2. The Morgan fingerprint density at radius 1 is 1.00 bits per heavy atom. The van der Waals surface area contributed by atoms with E-state index in [9.17, 15) is 18.0 Å². The first-order valence-electron chi connectivity index (χ1n) is 11.4. The molecular formula is C25H28F3N5O. The molecule has 0 atom stereocenters. The van der Waals surface area contributed by atoms with Gasteiger partial charge < -0.3 is 10.2 Å². The molecule has 180 valence electrons. The number of hydrogen-bond acceptors (Lipinski definition) is 4. The maximum absolute atomic E-state index is 13.9. The van der Waals surface area contributed by atoms with Gasteiger partial charge in [0, 0.05) is 38.4 Å². The highest BCUT2D eigenvalue weighted by atomic mass is 19.4. The Morgan fingerprint density at radius 2 is 1.68 bits per heavy atom. The van der Waals surface area contributed by atoms with Crippen LogP contribution in [0.1, 0.15) is 28.0 Å². The van der Waals surface area contributed by atoms with Crippen LogP contribution in [0, 0.1) is 6.92 Å². The van der Waals surface area contributed by atoms with Gasteiger partial charge >= 0.3 is 6.18 Å². The summed E-state index contributed by atoms with van der Waals surface area (Å²) >= 11 is 0. The molecule has 9 heteroatoms. The average molecular weight is 472 g/mol. The smallest absolute Gasteiger partial charge is 0.369 e. The van der Waals surface area contributed by atoms with Crippen LogP contribution in [0.3, 0.4) is 0 Å². The van der Waals surface area contributed by atoms with Gasteiger partial charge in [-0.2, -0.15) is 18.3 Å². The van der Waals surface area contributed by atoms with E-state index in [1.807, 2.05) is 18.2 Å². The summed E-state index contributed by atoms with van der Waals surface area (Å²) < 4.78 is 42.4. The maximum atomic E-state index is 13.9. The average Bonchev–Trinajstić information content (AvgIpc) is 3.29. The number of aromatic nitrogens is 2. The fourth-order valence-electron chi connectivity index (χ4n) is 4.24. The molecule has 1 saturated heterocycles. The predicted molar refractivity (Wildman–Crippen MR) is 125 cm³/mol. The van der Waals surface area contributed by atoms with Crippen molar-refractivity contribution >= 4 is 11.6 Å². The van der Waals surface area contributed by atoms with Gasteiger partial charge in [0.2, 0.25) is 0 Å². The minimum absolute atomic E-state index is 0.295. The molecule has 1 amide bonds. The van der Waals surface area contributed by atoms with Crippen LogP contribution in [-0.4, -0.2) is 59.9 Å². The number of piperazine rings is 1. The van der Waals surface area contributed by atoms with Crippen LogP contribution in [0.25, 0.3) is 5.69 Å². The molecule has 1 fully saturated rings. The summed E-state index contributed by atoms with van der Waals surface area (Å²) in [5.74, 6) is -0.763. The molecule has 6 nitrogen and oxygen atoms in total. The molecule has 0 saturated carbocycles. The lowest BCUT2D eigenvalue weighted by Crippen LogP contribution is -2.47. The SMILES string of the molecule is Cc1ccccc1-n1ncc(C(=O)NCCCN2CCN(c3ccccc3)CC2)c1C(F)(F)F. The van der Waals surface area contributed by atoms with Gasteiger partial charge in [-0.25, -0.2) is 4.68 Å². The van der Waals surface area contributed by atoms with Crippen molar-refractivity contribution in [3.63, 3.8) is 0 Å². The van der Waals surface area contributed by atoms with Gasteiger partial charge in [0.25, 0.3) is 5.91 Å². The molecule has 1 aliphatic heterocycles. The Balaban J connectivity index is 1.31. The Hall–Kier alpha value is -3.33. The minimum atomic E-state index is -4.72. The predicted octanol–water partition coefficient (Wildman–Crippen LogP) is 4.14. The number of amides is 1. The Kier molecular flexibility index (Phi) is 7.21. The summed E-state index contributed by atoms with van der Waals surface area (Å²) in [4.78, 5) is 17.3. The van der Waals surface area contributed by atoms with Crippen molar-refractivity contribution in [2.45, 2.75) is 19.5 Å². The maximum Gasteiger partial charge on any atom is 0.434 e. The zero-order chi connectivity index (χ0) is 24.1. The van der Waals surface area contributed by atoms with Crippen molar-refractivity contribution in [3.8, 4) is 5.69 Å². The quantitative estimate of drug-likeness (QED) is 0.527. The number of nitrogens with one attached hydrogen (secondary N) is 1. The Bertz CT molecular complexity index is 1110. The normalized spacial score (nSPS) is 14.9. The van der Waals surface area contributed by atoms with E-state index in [1.54, 1.807) is 31.2 Å². The number of nitrogens with zero attached hydrogens (tertiary/aromatic N) is 4. The van der Waals surface area contributed by atoms with E-state index in [2.05, 4.69) is 32.3 Å². The number of carbonyl (C=O) groups excluding carboxylic acids is 1. The van der Waals surface area contributed by atoms with Gasteiger partial charge in [-0.3, -0.25) is 9.69 Å². The lowest BCUT2D eigenvalue weighted by molar-refractivity contribution is -0.143. The number of halogens is 3. The fourth-order valence-corrected chi connectivity index (χ4v) is 4.24. The molecule has 1 aliphatic rings. The van der Waals surface area contributed by atoms with Crippen LogP contribution in [0.15, 0.2) is 60.8 Å². The number of carbonyl (C=O) groups is 1. The number of benzene rings is 2. The summed E-state index contributed by atoms with van der Waals surface area (Å²) in [7, 11) is 0. The van der Waals surface area contributed by atoms with Crippen LogP contribution in [0.5, 0.6) is 0 Å². The summed E-state index contributed by atoms with van der Waals surface area (Å²) in [6.07, 6.45) is -3.07. The number of alkyl halides is 3. The molecule has 1 N–H and O–H groups in total. The van der Waals surface area contributed by atoms with Crippen LogP contribution in [-0.2, 0) is 6.18 Å². The summed E-state index contributed by atoms with van der Waals surface area (Å²) in [5.41, 5.74) is 0.614. The summed E-state index contributed by atoms with van der Waals surface area (Å²) in [5, 5.41) is 6.53. The summed E-state index contributed by atoms with van der Waals surface area (Å²) in [6, 6.07) is 16.9. The minimum Gasteiger partial charge on any atom is -0.369 e. The van der Waals surface area contributed by atoms with E-state index in [0.717, 1.165) is 43.6 Å². The van der Waals surface area contributed by atoms with Crippen LogP contribution in [0.4, 0.5) is 18.9 Å². The van der Waals surface area contributed by atoms with Crippen molar-refractivity contribution in [3.05, 3.63) is 77.6 Å². The van der Waals surface area contributed by atoms with Crippen LogP contribution >= 0.6 is 0 Å². The molecule has 2 heterocycles. The molecule has 34 heavy (non-hydrogen) atoms. The number of hydrogen-bond donors (Lipinski definition) is 1. The Morgan fingerprint density at radius 3 is 2.35 bits per heavy atom. The van der Waals surface area contributed by atoms with E-state index in [1.165, 1.54) is 5.69 Å². The second-order valence-electron chi connectivity index (χ2n) is 8.38. The zero-order valence-electron chi connectivity index (χ0n) is 19.1. The second kappa shape index (κ2) is 10.3. The van der Waals surface area contributed by atoms with Crippen molar-refractivity contribution in [1.29, 1.82) is 0 Å². The first-order valence-corrected chi connectivity index (χ1v) is 11.4. The molecule has 1 aromatic heterocycles. The standard InChI is InChI=1S/C25H28F3N5O/c1-19-8-5-6-11-22(19)33-23(25(26,27)28)21(18-30-33)24(34)29-12-7-13-31-14-16-32(17-15-31)20-9-3-2-4-10-20/h2-6,8-11,18H,7,12-17H2,1H3,(H,29,34). The molecule has 0 unspecified atom stereocenters. The van der Waals surface area contributed by atoms with Crippen LogP contribution in [0.2, 0.25) is 0 Å². The monoisotopic (exact) mass is 471 g/mol. The number of aryl methyl sites for hydroxylation is 1. The third-order valence-corrected chi connectivity index (χ3v) is 6.06. The van der Waals surface area contributed by atoms with Gasteiger partial charge in [-0.05, 0) is 43.7 Å². The van der Waals surface area contributed by atoms with E-state index in [-0.39, 0.29) is 0 Å². The first-order chi connectivity index (χ1) is 16.3. The lowest BCUT2D eigenvalue weighted by Gasteiger charge is -2.36. The Labute approximate surface area is 197 Å². The largest absolute Gasteiger partial charge is 0.434 e. The molecule has 0 aliphatic carbocycles. The fraction of sp³-hybridized carbons (Fsp3) is 0.360. The molecular weight excluding hydrogens is 443 g/mol. The highest BCUT2D eigenvalue weighted by Gasteiger charge is 2.40. The molecule has 0 bridgehead atoms. The van der Waals surface area contributed by atoms with Crippen molar-refractivity contribution in [2.75, 3.05) is 44.2 Å². The van der Waals surface area contributed by atoms with Crippen molar-refractivity contribution in [1.82, 2.24) is 20.0 Å². The molecule has 4 rings (SSSR count). The van der Waals surface area contributed by atoms with E-state index in [4.69, 9.17) is 0 Å². The molecule has 2 aromatic carbocycles.